The Morgan fingerprint density at radius 1 is 1.26 bits per heavy atom. The summed E-state index contributed by atoms with van der Waals surface area (Å²) in [6.45, 7) is 3.35. The van der Waals surface area contributed by atoms with Gasteiger partial charge in [-0.2, -0.15) is 0 Å². The number of likely N-dealkylation sites (tertiary alicyclic amines) is 1. The monoisotopic (exact) mass is 375 g/mol. The molecule has 0 radical (unpaired) electrons. The van der Waals surface area contributed by atoms with E-state index in [1.165, 1.54) is 0 Å². The van der Waals surface area contributed by atoms with Crippen molar-refractivity contribution in [3.05, 3.63) is 29.8 Å². The SMILES string of the molecule is COc1ccccc1CN1CCNC(=O)C1CC(=O)N1CCC(CO)CC1. The van der Waals surface area contributed by atoms with Gasteiger partial charge >= 0.3 is 0 Å². The molecule has 2 amide bonds. The van der Waals surface area contributed by atoms with Crippen LogP contribution in [0.15, 0.2) is 24.3 Å². The summed E-state index contributed by atoms with van der Waals surface area (Å²) in [6.07, 6.45) is 1.83. The van der Waals surface area contributed by atoms with E-state index in [1.807, 2.05) is 29.2 Å². The van der Waals surface area contributed by atoms with Gasteiger partial charge < -0.3 is 20.1 Å². The largest absolute Gasteiger partial charge is 0.496 e. The number of piperazine rings is 1. The van der Waals surface area contributed by atoms with Crippen LogP contribution in [0.4, 0.5) is 0 Å². The van der Waals surface area contributed by atoms with Gasteiger partial charge in [-0.25, -0.2) is 0 Å². The lowest BCUT2D eigenvalue weighted by Crippen LogP contribution is -2.56. The molecular formula is C20H29N3O4. The number of aliphatic hydroxyl groups is 1. The van der Waals surface area contributed by atoms with E-state index >= 15 is 0 Å². The second kappa shape index (κ2) is 9.19. The number of hydrogen-bond donors (Lipinski definition) is 2. The van der Waals surface area contributed by atoms with E-state index in [-0.39, 0.29) is 30.8 Å². The van der Waals surface area contributed by atoms with Crippen LogP contribution in [0.3, 0.4) is 0 Å². The number of nitrogens with one attached hydrogen (secondary N) is 1. The highest BCUT2D eigenvalue weighted by Gasteiger charge is 2.34. The molecule has 1 aromatic rings. The maximum Gasteiger partial charge on any atom is 0.237 e. The molecule has 3 rings (SSSR count). The van der Waals surface area contributed by atoms with Gasteiger partial charge in [-0.1, -0.05) is 18.2 Å². The van der Waals surface area contributed by atoms with Crippen LogP contribution >= 0.6 is 0 Å². The number of benzene rings is 1. The molecule has 0 saturated carbocycles. The number of para-hydroxylation sites is 1. The minimum atomic E-state index is -0.466. The lowest BCUT2D eigenvalue weighted by atomic mass is 9.97. The van der Waals surface area contributed by atoms with Crippen LogP contribution in [0.1, 0.15) is 24.8 Å². The van der Waals surface area contributed by atoms with Gasteiger partial charge in [-0.05, 0) is 24.8 Å². The molecule has 2 aliphatic heterocycles. The summed E-state index contributed by atoms with van der Waals surface area (Å²) >= 11 is 0. The first-order valence-electron chi connectivity index (χ1n) is 9.64. The van der Waals surface area contributed by atoms with Crippen LogP contribution in [-0.2, 0) is 16.1 Å². The minimum absolute atomic E-state index is 0.0125. The standard InChI is InChI=1S/C20H29N3O4/c1-27-18-5-3-2-4-16(18)13-23-11-8-21-20(26)17(23)12-19(25)22-9-6-15(14-24)7-10-22/h2-5,15,17,24H,6-14H2,1H3,(H,21,26). The normalized spacial score (nSPS) is 21.8. The van der Waals surface area contributed by atoms with Crippen molar-refractivity contribution in [2.45, 2.75) is 31.8 Å². The highest BCUT2D eigenvalue weighted by molar-refractivity contribution is 5.88. The molecule has 2 fully saturated rings. The van der Waals surface area contributed by atoms with Gasteiger partial charge in [0.25, 0.3) is 0 Å². The number of carbonyl (C=O) groups excluding carboxylic acids is 2. The summed E-state index contributed by atoms with van der Waals surface area (Å²) in [5.74, 6) is 1.00. The molecule has 0 bridgehead atoms. The Bertz CT molecular complexity index is 658. The summed E-state index contributed by atoms with van der Waals surface area (Å²) in [7, 11) is 1.64. The predicted molar refractivity (Wildman–Crippen MR) is 101 cm³/mol. The fourth-order valence-corrected chi connectivity index (χ4v) is 3.89. The molecule has 7 heteroatoms. The number of aliphatic hydroxyl groups excluding tert-OH is 1. The Labute approximate surface area is 160 Å². The topological polar surface area (TPSA) is 82.1 Å². The second-order valence-electron chi connectivity index (χ2n) is 7.30. The van der Waals surface area contributed by atoms with Gasteiger partial charge in [0.1, 0.15) is 5.75 Å². The highest BCUT2D eigenvalue weighted by Crippen LogP contribution is 2.23. The van der Waals surface area contributed by atoms with Gasteiger partial charge in [-0.15, -0.1) is 0 Å². The van der Waals surface area contributed by atoms with Crippen molar-refractivity contribution < 1.29 is 19.4 Å². The number of rotatable bonds is 6. The third-order valence-electron chi connectivity index (χ3n) is 5.60. The van der Waals surface area contributed by atoms with Crippen molar-refractivity contribution in [2.75, 3.05) is 39.9 Å². The van der Waals surface area contributed by atoms with Crippen LogP contribution < -0.4 is 10.1 Å². The van der Waals surface area contributed by atoms with E-state index in [9.17, 15) is 14.7 Å². The summed E-state index contributed by atoms with van der Waals surface area (Å²) in [4.78, 5) is 29.1. The molecule has 27 heavy (non-hydrogen) atoms. The van der Waals surface area contributed by atoms with Gasteiger partial charge in [0.15, 0.2) is 0 Å². The van der Waals surface area contributed by atoms with Crippen molar-refractivity contribution >= 4 is 11.8 Å². The van der Waals surface area contributed by atoms with Crippen molar-refractivity contribution in [1.82, 2.24) is 15.1 Å². The van der Waals surface area contributed by atoms with E-state index in [0.717, 1.165) is 24.2 Å². The summed E-state index contributed by atoms with van der Waals surface area (Å²) in [5.41, 5.74) is 1.01. The molecule has 2 heterocycles. The quantitative estimate of drug-likeness (QED) is 0.762. The molecule has 1 aromatic carbocycles. The number of carbonyl (C=O) groups is 2. The zero-order chi connectivity index (χ0) is 19.2. The van der Waals surface area contributed by atoms with Crippen molar-refractivity contribution in [1.29, 1.82) is 0 Å². The van der Waals surface area contributed by atoms with Crippen LogP contribution in [0.25, 0.3) is 0 Å². The first-order valence-corrected chi connectivity index (χ1v) is 9.64. The smallest absolute Gasteiger partial charge is 0.237 e. The van der Waals surface area contributed by atoms with E-state index in [0.29, 0.717) is 32.7 Å². The fraction of sp³-hybridized carbons (Fsp3) is 0.600. The molecule has 2 saturated heterocycles. The number of piperidine rings is 1. The van der Waals surface area contributed by atoms with E-state index in [4.69, 9.17) is 4.74 Å². The molecule has 1 unspecified atom stereocenters. The minimum Gasteiger partial charge on any atom is -0.496 e. The summed E-state index contributed by atoms with van der Waals surface area (Å²) < 4.78 is 5.42. The summed E-state index contributed by atoms with van der Waals surface area (Å²) in [6, 6.07) is 7.30. The zero-order valence-corrected chi connectivity index (χ0v) is 15.9. The van der Waals surface area contributed by atoms with Crippen LogP contribution in [-0.4, -0.2) is 72.7 Å². The Morgan fingerprint density at radius 3 is 2.70 bits per heavy atom. The number of methoxy groups -OCH3 is 1. The van der Waals surface area contributed by atoms with E-state index in [1.54, 1.807) is 7.11 Å². The molecule has 0 aliphatic carbocycles. The Kier molecular flexibility index (Phi) is 6.68. The van der Waals surface area contributed by atoms with Crippen molar-refractivity contribution in [3.8, 4) is 5.75 Å². The average molecular weight is 375 g/mol. The highest BCUT2D eigenvalue weighted by atomic mass is 16.5. The molecule has 1 atom stereocenters. The molecule has 0 spiro atoms. The zero-order valence-electron chi connectivity index (χ0n) is 15.9. The second-order valence-corrected chi connectivity index (χ2v) is 7.30. The molecular weight excluding hydrogens is 346 g/mol. The van der Waals surface area contributed by atoms with Gasteiger partial charge in [0.2, 0.25) is 11.8 Å². The predicted octanol–water partition coefficient (Wildman–Crippen LogP) is 0.617. The average Bonchev–Trinajstić information content (AvgIpc) is 2.71. The Balaban J connectivity index is 1.65. The maximum absolute atomic E-state index is 12.8. The third-order valence-corrected chi connectivity index (χ3v) is 5.60. The maximum atomic E-state index is 12.8. The fourth-order valence-electron chi connectivity index (χ4n) is 3.89. The van der Waals surface area contributed by atoms with Gasteiger partial charge in [0.05, 0.1) is 19.6 Å². The Hall–Kier alpha value is -2.12. The molecule has 2 N–H and O–H groups in total. The lowest BCUT2D eigenvalue weighted by Gasteiger charge is -2.37. The number of nitrogens with zero attached hydrogens (tertiary/aromatic N) is 2. The van der Waals surface area contributed by atoms with Crippen molar-refractivity contribution in [3.63, 3.8) is 0 Å². The number of hydrogen-bond acceptors (Lipinski definition) is 5. The van der Waals surface area contributed by atoms with Crippen LogP contribution in [0, 0.1) is 5.92 Å². The molecule has 0 aromatic heterocycles. The lowest BCUT2D eigenvalue weighted by molar-refractivity contribution is -0.140. The van der Waals surface area contributed by atoms with E-state index < -0.39 is 6.04 Å². The Morgan fingerprint density at radius 2 is 2.00 bits per heavy atom. The van der Waals surface area contributed by atoms with Gasteiger partial charge in [0, 0.05) is 44.9 Å². The van der Waals surface area contributed by atoms with E-state index in [2.05, 4.69) is 10.2 Å². The number of ether oxygens (including phenoxy) is 1. The van der Waals surface area contributed by atoms with Crippen molar-refractivity contribution in [2.24, 2.45) is 5.92 Å². The van der Waals surface area contributed by atoms with Crippen LogP contribution in [0.2, 0.25) is 0 Å². The molecule has 148 valence electrons. The molecule has 2 aliphatic rings. The summed E-state index contributed by atoms with van der Waals surface area (Å²) in [5, 5.41) is 12.1. The third kappa shape index (κ3) is 4.78. The first kappa shape index (κ1) is 19.6. The molecule has 7 nitrogen and oxygen atoms in total. The number of amides is 2. The van der Waals surface area contributed by atoms with Crippen LogP contribution in [0.5, 0.6) is 5.75 Å². The first-order chi connectivity index (χ1) is 13.1. The van der Waals surface area contributed by atoms with Gasteiger partial charge in [-0.3, -0.25) is 14.5 Å².